The summed E-state index contributed by atoms with van der Waals surface area (Å²) >= 11 is 0. The topological polar surface area (TPSA) is 59.1 Å². The highest BCUT2D eigenvalue weighted by Crippen LogP contribution is 2.43. The first-order valence-corrected chi connectivity index (χ1v) is 10.0. The first kappa shape index (κ1) is 17.3. The van der Waals surface area contributed by atoms with Crippen molar-refractivity contribution in [3.05, 3.63) is 0 Å². The number of rotatable bonds is 3. The van der Waals surface area contributed by atoms with Gasteiger partial charge in [-0.05, 0) is 32.1 Å². The van der Waals surface area contributed by atoms with E-state index in [-0.39, 0.29) is 23.7 Å². The third-order valence-corrected chi connectivity index (χ3v) is 6.46. The van der Waals surface area contributed by atoms with Crippen LogP contribution in [0.25, 0.3) is 0 Å². The Morgan fingerprint density at radius 2 is 1.68 bits per heavy atom. The summed E-state index contributed by atoms with van der Waals surface area (Å²) in [6.07, 6.45) is 6.67. The molecule has 3 saturated heterocycles. The van der Waals surface area contributed by atoms with Crippen LogP contribution in [0.15, 0.2) is 0 Å². The maximum Gasteiger partial charge on any atom is 0.226 e. The summed E-state index contributed by atoms with van der Waals surface area (Å²) in [6, 6.07) is 0.379. The van der Waals surface area contributed by atoms with Crippen molar-refractivity contribution in [2.45, 2.75) is 63.7 Å². The fourth-order valence-corrected chi connectivity index (χ4v) is 4.76. The molecule has 0 bridgehead atoms. The molecule has 1 spiro atoms. The van der Waals surface area contributed by atoms with E-state index < -0.39 is 5.79 Å². The van der Waals surface area contributed by atoms with Gasteiger partial charge in [0.2, 0.25) is 11.8 Å². The van der Waals surface area contributed by atoms with Crippen molar-refractivity contribution < 1.29 is 19.1 Å². The smallest absolute Gasteiger partial charge is 0.226 e. The Morgan fingerprint density at radius 1 is 1.00 bits per heavy atom. The highest BCUT2D eigenvalue weighted by atomic mass is 16.7. The Balaban J connectivity index is 1.30. The van der Waals surface area contributed by atoms with Crippen LogP contribution in [-0.4, -0.2) is 66.3 Å². The second kappa shape index (κ2) is 6.88. The Kier molecular flexibility index (Phi) is 4.75. The molecule has 0 aromatic heterocycles. The van der Waals surface area contributed by atoms with Crippen molar-refractivity contribution in [3.8, 4) is 0 Å². The van der Waals surface area contributed by atoms with Gasteiger partial charge in [0, 0.05) is 38.5 Å². The molecule has 1 saturated carbocycles. The summed E-state index contributed by atoms with van der Waals surface area (Å²) in [5.74, 6) is -0.226. The number of hydrogen-bond acceptors (Lipinski definition) is 4. The van der Waals surface area contributed by atoms with Gasteiger partial charge in [0.25, 0.3) is 0 Å². The molecule has 3 heterocycles. The highest BCUT2D eigenvalue weighted by Gasteiger charge is 2.52. The molecular formula is C19H30N2O4. The van der Waals surface area contributed by atoms with E-state index in [1.807, 2.05) is 4.90 Å². The minimum atomic E-state index is -0.447. The molecule has 3 atom stereocenters. The summed E-state index contributed by atoms with van der Waals surface area (Å²) in [5.41, 5.74) is 0. The average molecular weight is 350 g/mol. The van der Waals surface area contributed by atoms with Crippen LogP contribution in [0.5, 0.6) is 0 Å². The largest absolute Gasteiger partial charge is 0.347 e. The van der Waals surface area contributed by atoms with Crippen LogP contribution in [-0.2, 0) is 19.1 Å². The third kappa shape index (κ3) is 3.31. The van der Waals surface area contributed by atoms with Gasteiger partial charge in [-0.15, -0.1) is 0 Å². The Hall–Kier alpha value is -1.14. The van der Waals surface area contributed by atoms with Crippen LogP contribution in [0.4, 0.5) is 0 Å². The van der Waals surface area contributed by atoms with E-state index >= 15 is 0 Å². The molecule has 0 aromatic carbocycles. The zero-order valence-corrected chi connectivity index (χ0v) is 15.2. The lowest BCUT2D eigenvalue weighted by molar-refractivity contribution is -0.187. The van der Waals surface area contributed by atoms with Crippen molar-refractivity contribution in [1.29, 1.82) is 0 Å². The summed E-state index contributed by atoms with van der Waals surface area (Å²) in [4.78, 5) is 29.6. The van der Waals surface area contributed by atoms with Crippen LogP contribution in [0, 0.1) is 11.8 Å². The number of ether oxygens (including phenoxy) is 2. The fourth-order valence-electron chi connectivity index (χ4n) is 4.76. The first-order chi connectivity index (χ1) is 12.1. The van der Waals surface area contributed by atoms with Gasteiger partial charge >= 0.3 is 0 Å². The maximum atomic E-state index is 12.8. The van der Waals surface area contributed by atoms with Crippen molar-refractivity contribution in [3.63, 3.8) is 0 Å². The fraction of sp³-hybridized carbons (Fsp3) is 0.895. The molecule has 0 aromatic rings. The van der Waals surface area contributed by atoms with Crippen LogP contribution >= 0.6 is 0 Å². The minimum Gasteiger partial charge on any atom is -0.347 e. The lowest BCUT2D eigenvalue weighted by Gasteiger charge is -2.38. The van der Waals surface area contributed by atoms with E-state index in [0.717, 1.165) is 45.1 Å². The van der Waals surface area contributed by atoms with Gasteiger partial charge < -0.3 is 19.3 Å². The standard InChI is InChI=1S/C19H30N2O4/c1-2-14-5-3-4-8-21(14)18(23)16-13-15(16)17(22)20-9-6-19(7-10-20)24-11-12-25-19/h14-16H,2-13H2,1H3. The highest BCUT2D eigenvalue weighted by molar-refractivity contribution is 5.92. The predicted molar refractivity (Wildman–Crippen MR) is 91.7 cm³/mol. The molecular weight excluding hydrogens is 320 g/mol. The van der Waals surface area contributed by atoms with E-state index in [9.17, 15) is 9.59 Å². The van der Waals surface area contributed by atoms with Crippen molar-refractivity contribution in [2.24, 2.45) is 11.8 Å². The zero-order chi connectivity index (χ0) is 17.4. The molecule has 0 radical (unpaired) electrons. The van der Waals surface area contributed by atoms with Crippen LogP contribution in [0.2, 0.25) is 0 Å². The molecule has 4 aliphatic rings. The normalized spacial score (nSPS) is 34.4. The molecule has 6 nitrogen and oxygen atoms in total. The first-order valence-electron chi connectivity index (χ1n) is 10.0. The predicted octanol–water partition coefficient (Wildman–Crippen LogP) is 1.78. The van der Waals surface area contributed by atoms with Gasteiger partial charge in [-0.25, -0.2) is 0 Å². The molecule has 1 aliphatic carbocycles. The van der Waals surface area contributed by atoms with E-state index in [1.165, 1.54) is 6.42 Å². The van der Waals surface area contributed by atoms with Crippen LogP contribution in [0.1, 0.15) is 51.9 Å². The third-order valence-electron chi connectivity index (χ3n) is 6.46. The number of amides is 2. The van der Waals surface area contributed by atoms with Crippen LogP contribution < -0.4 is 0 Å². The van der Waals surface area contributed by atoms with Crippen molar-refractivity contribution in [2.75, 3.05) is 32.8 Å². The van der Waals surface area contributed by atoms with E-state index in [1.54, 1.807) is 0 Å². The number of carbonyl (C=O) groups is 2. The Bertz CT molecular complexity index is 522. The lowest BCUT2D eigenvalue weighted by atomic mass is 9.99. The van der Waals surface area contributed by atoms with Gasteiger partial charge in [-0.1, -0.05) is 6.92 Å². The zero-order valence-electron chi connectivity index (χ0n) is 15.2. The second-order valence-electron chi connectivity index (χ2n) is 7.97. The summed E-state index contributed by atoms with van der Waals surface area (Å²) in [5, 5.41) is 0. The van der Waals surface area contributed by atoms with Gasteiger partial charge in [-0.3, -0.25) is 9.59 Å². The van der Waals surface area contributed by atoms with Gasteiger partial charge in [0.1, 0.15) is 0 Å². The summed E-state index contributed by atoms with van der Waals surface area (Å²) < 4.78 is 11.5. The number of nitrogens with zero attached hydrogens (tertiary/aromatic N) is 2. The van der Waals surface area contributed by atoms with E-state index in [4.69, 9.17) is 9.47 Å². The second-order valence-corrected chi connectivity index (χ2v) is 7.97. The molecule has 4 fully saturated rings. The van der Waals surface area contributed by atoms with Crippen LogP contribution in [0.3, 0.4) is 0 Å². The van der Waals surface area contributed by atoms with Gasteiger partial charge in [0.15, 0.2) is 5.79 Å². The molecule has 25 heavy (non-hydrogen) atoms. The number of piperidine rings is 2. The molecule has 3 aliphatic heterocycles. The quantitative estimate of drug-likeness (QED) is 0.778. The Labute approximate surface area is 149 Å². The summed E-state index contributed by atoms with van der Waals surface area (Å²) in [6.45, 7) is 5.69. The minimum absolute atomic E-state index is 0.0745. The number of likely N-dealkylation sites (tertiary alicyclic amines) is 2. The molecule has 2 amide bonds. The SMILES string of the molecule is CCC1CCCCN1C(=O)C1CC1C(=O)N1CCC2(CC1)OCCO2. The number of carbonyl (C=O) groups excluding carboxylic acids is 2. The maximum absolute atomic E-state index is 12.8. The monoisotopic (exact) mass is 350 g/mol. The van der Waals surface area contributed by atoms with E-state index in [2.05, 4.69) is 11.8 Å². The van der Waals surface area contributed by atoms with Crippen molar-refractivity contribution in [1.82, 2.24) is 9.80 Å². The average Bonchev–Trinajstić information content (AvgIpc) is 3.34. The van der Waals surface area contributed by atoms with Gasteiger partial charge in [-0.2, -0.15) is 0 Å². The molecule has 3 unspecified atom stereocenters. The van der Waals surface area contributed by atoms with Crippen molar-refractivity contribution >= 4 is 11.8 Å². The molecule has 140 valence electrons. The van der Waals surface area contributed by atoms with E-state index in [0.29, 0.717) is 32.3 Å². The molecule has 6 heteroatoms. The number of hydrogen-bond donors (Lipinski definition) is 0. The Morgan fingerprint density at radius 3 is 2.36 bits per heavy atom. The summed E-state index contributed by atoms with van der Waals surface area (Å²) in [7, 11) is 0. The van der Waals surface area contributed by atoms with Gasteiger partial charge in [0.05, 0.1) is 25.0 Å². The lowest BCUT2D eigenvalue weighted by Crippen LogP contribution is -2.48. The molecule has 4 rings (SSSR count). The molecule has 0 N–H and O–H groups in total.